The van der Waals surface area contributed by atoms with E-state index in [0.29, 0.717) is 25.5 Å². The molecule has 0 atom stereocenters. The first kappa shape index (κ1) is 14.6. The fourth-order valence-corrected chi connectivity index (χ4v) is 2.38. The summed E-state index contributed by atoms with van der Waals surface area (Å²) >= 11 is 5.92. The molecule has 2 rings (SSSR count). The van der Waals surface area contributed by atoms with Crippen LogP contribution >= 0.6 is 11.6 Å². The summed E-state index contributed by atoms with van der Waals surface area (Å²) in [5.41, 5.74) is 1.03. The summed E-state index contributed by atoms with van der Waals surface area (Å²) in [5, 5.41) is 0. The Bertz CT molecular complexity index is 404. The quantitative estimate of drug-likeness (QED) is 0.792. The van der Waals surface area contributed by atoms with E-state index in [1.54, 1.807) is 7.11 Å². The molecular weight excluding hydrogens is 264 g/mol. The van der Waals surface area contributed by atoms with Crippen LogP contribution in [0.25, 0.3) is 0 Å². The summed E-state index contributed by atoms with van der Waals surface area (Å²) in [5.74, 6) is 0.594. The fourth-order valence-electron chi connectivity index (χ4n) is 2.13. The van der Waals surface area contributed by atoms with Gasteiger partial charge in [-0.25, -0.2) is 0 Å². The maximum absolute atomic E-state index is 6.03. The van der Waals surface area contributed by atoms with E-state index in [0.717, 1.165) is 11.3 Å². The van der Waals surface area contributed by atoms with Gasteiger partial charge in [0.1, 0.15) is 5.75 Å². The monoisotopic (exact) mass is 284 g/mol. The first-order valence-electron chi connectivity index (χ1n) is 6.50. The fraction of sp³-hybridized carbons (Fsp3) is 0.600. The van der Waals surface area contributed by atoms with Crippen molar-refractivity contribution in [1.29, 1.82) is 0 Å². The summed E-state index contributed by atoms with van der Waals surface area (Å²) in [6.07, 6.45) is 0.636. The molecule has 3 nitrogen and oxygen atoms in total. The van der Waals surface area contributed by atoms with Crippen LogP contribution in [0.5, 0.6) is 5.75 Å². The van der Waals surface area contributed by atoms with Crippen LogP contribution in [0.4, 0.5) is 0 Å². The van der Waals surface area contributed by atoms with Gasteiger partial charge in [-0.3, -0.25) is 0 Å². The highest BCUT2D eigenvalue weighted by Crippen LogP contribution is 2.39. The van der Waals surface area contributed by atoms with E-state index in [1.165, 1.54) is 0 Å². The topological polar surface area (TPSA) is 27.7 Å². The van der Waals surface area contributed by atoms with Crippen LogP contribution in [0.15, 0.2) is 24.3 Å². The second-order valence-corrected chi connectivity index (χ2v) is 6.04. The number of hydrogen-bond acceptors (Lipinski definition) is 3. The first-order valence-corrected chi connectivity index (χ1v) is 7.03. The van der Waals surface area contributed by atoms with E-state index in [-0.39, 0.29) is 5.41 Å². The Morgan fingerprint density at radius 3 is 2.21 bits per heavy atom. The molecule has 0 aromatic heterocycles. The normalized spacial score (nSPS) is 21.1. The second kappa shape index (κ2) is 5.70. The molecule has 0 amide bonds. The third-order valence-electron chi connectivity index (χ3n) is 3.35. The molecule has 4 heteroatoms. The number of alkyl halides is 1. The third-order valence-corrected chi connectivity index (χ3v) is 3.53. The van der Waals surface area contributed by atoms with E-state index in [1.807, 2.05) is 24.3 Å². The van der Waals surface area contributed by atoms with Crippen LogP contribution in [-0.2, 0) is 15.3 Å². The van der Waals surface area contributed by atoms with Crippen molar-refractivity contribution in [2.24, 2.45) is 5.41 Å². The Kier molecular flexibility index (Phi) is 4.39. The lowest BCUT2D eigenvalue weighted by atomic mass is 9.92. The van der Waals surface area contributed by atoms with Crippen LogP contribution < -0.4 is 4.74 Å². The van der Waals surface area contributed by atoms with Gasteiger partial charge >= 0.3 is 0 Å². The van der Waals surface area contributed by atoms with Crippen molar-refractivity contribution >= 4 is 11.6 Å². The van der Waals surface area contributed by atoms with Gasteiger partial charge in [-0.05, 0) is 24.3 Å². The summed E-state index contributed by atoms with van der Waals surface area (Å²) in [6.45, 7) is 5.59. The SMILES string of the molecule is COc1ccc(C2(CCCl)OCC(C)(C)CO2)cc1. The van der Waals surface area contributed by atoms with Crippen molar-refractivity contribution in [3.05, 3.63) is 29.8 Å². The standard InChI is InChI=1S/C15H21ClO3/c1-14(2)10-18-15(8-9-16,19-11-14)12-4-6-13(17-3)7-5-12/h4-7H,8-11H2,1-3H3. The number of hydrogen-bond donors (Lipinski definition) is 0. The molecule has 0 spiro atoms. The van der Waals surface area contributed by atoms with Crippen molar-refractivity contribution < 1.29 is 14.2 Å². The molecule has 1 aliphatic rings. The average molecular weight is 285 g/mol. The lowest BCUT2D eigenvalue weighted by molar-refractivity contribution is -0.308. The number of halogens is 1. The summed E-state index contributed by atoms with van der Waals surface area (Å²) < 4.78 is 17.2. The lowest BCUT2D eigenvalue weighted by Crippen LogP contribution is -2.45. The van der Waals surface area contributed by atoms with Gasteiger partial charge in [0.25, 0.3) is 0 Å². The summed E-state index contributed by atoms with van der Waals surface area (Å²) in [6, 6.07) is 7.78. The van der Waals surface area contributed by atoms with Crippen molar-refractivity contribution in [2.75, 3.05) is 26.2 Å². The first-order chi connectivity index (χ1) is 9.01. The third kappa shape index (κ3) is 3.22. The Hall–Kier alpha value is -0.770. The molecular formula is C15H21ClO3. The Labute approximate surface area is 119 Å². The van der Waals surface area contributed by atoms with Gasteiger partial charge < -0.3 is 14.2 Å². The van der Waals surface area contributed by atoms with Gasteiger partial charge in [0.15, 0.2) is 5.79 Å². The zero-order chi connectivity index (χ0) is 13.9. The molecule has 19 heavy (non-hydrogen) atoms. The van der Waals surface area contributed by atoms with Crippen molar-refractivity contribution in [2.45, 2.75) is 26.1 Å². The minimum atomic E-state index is -0.719. The van der Waals surface area contributed by atoms with Crippen LogP contribution in [-0.4, -0.2) is 26.2 Å². The van der Waals surface area contributed by atoms with Gasteiger partial charge in [0, 0.05) is 23.3 Å². The van der Waals surface area contributed by atoms with Crippen LogP contribution in [0.2, 0.25) is 0 Å². The smallest absolute Gasteiger partial charge is 0.195 e. The molecule has 106 valence electrons. The van der Waals surface area contributed by atoms with E-state index in [9.17, 15) is 0 Å². The molecule has 0 radical (unpaired) electrons. The molecule has 1 saturated heterocycles. The predicted octanol–water partition coefficient (Wildman–Crippen LogP) is 3.55. The molecule has 1 aromatic rings. The van der Waals surface area contributed by atoms with E-state index >= 15 is 0 Å². The Morgan fingerprint density at radius 1 is 1.16 bits per heavy atom. The van der Waals surface area contributed by atoms with E-state index in [4.69, 9.17) is 25.8 Å². The van der Waals surface area contributed by atoms with Crippen molar-refractivity contribution in [3.8, 4) is 5.75 Å². The Balaban J connectivity index is 2.23. The highest BCUT2D eigenvalue weighted by Gasteiger charge is 2.41. The van der Waals surface area contributed by atoms with Gasteiger partial charge in [-0.1, -0.05) is 13.8 Å². The minimum absolute atomic E-state index is 0.0439. The molecule has 0 saturated carbocycles. The summed E-state index contributed by atoms with van der Waals surface area (Å²) in [7, 11) is 1.65. The van der Waals surface area contributed by atoms with E-state index < -0.39 is 5.79 Å². The van der Waals surface area contributed by atoms with Crippen molar-refractivity contribution in [1.82, 2.24) is 0 Å². The number of rotatable bonds is 4. The molecule has 0 aliphatic carbocycles. The van der Waals surface area contributed by atoms with Crippen molar-refractivity contribution in [3.63, 3.8) is 0 Å². The molecule has 1 fully saturated rings. The molecule has 1 aromatic carbocycles. The highest BCUT2D eigenvalue weighted by molar-refractivity contribution is 6.17. The maximum Gasteiger partial charge on any atom is 0.195 e. The zero-order valence-corrected chi connectivity index (χ0v) is 12.5. The minimum Gasteiger partial charge on any atom is -0.497 e. The molecule has 0 bridgehead atoms. The van der Waals surface area contributed by atoms with Crippen LogP contribution in [0.3, 0.4) is 0 Å². The van der Waals surface area contributed by atoms with Gasteiger partial charge in [0.05, 0.1) is 20.3 Å². The molecule has 1 aliphatic heterocycles. The highest BCUT2D eigenvalue weighted by atomic mass is 35.5. The number of methoxy groups -OCH3 is 1. The summed E-state index contributed by atoms with van der Waals surface area (Å²) in [4.78, 5) is 0. The van der Waals surface area contributed by atoms with Gasteiger partial charge in [0.2, 0.25) is 0 Å². The lowest BCUT2D eigenvalue weighted by Gasteiger charge is -2.43. The molecule has 0 N–H and O–H groups in total. The predicted molar refractivity (Wildman–Crippen MR) is 75.7 cm³/mol. The van der Waals surface area contributed by atoms with E-state index in [2.05, 4.69) is 13.8 Å². The maximum atomic E-state index is 6.03. The second-order valence-electron chi connectivity index (χ2n) is 5.66. The Morgan fingerprint density at radius 2 is 1.74 bits per heavy atom. The van der Waals surface area contributed by atoms with Crippen LogP contribution in [0.1, 0.15) is 25.8 Å². The van der Waals surface area contributed by atoms with Gasteiger partial charge in [-0.2, -0.15) is 0 Å². The largest absolute Gasteiger partial charge is 0.497 e. The average Bonchev–Trinajstić information content (AvgIpc) is 2.42. The molecule has 1 heterocycles. The van der Waals surface area contributed by atoms with Crippen LogP contribution in [0, 0.1) is 5.41 Å². The molecule has 0 unspecified atom stereocenters. The van der Waals surface area contributed by atoms with Gasteiger partial charge in [-0.15, -0.1) is 11.6 Å². The zero-order valence-electron chi connectivity index (χ0n) is 11.7. The number of ether oxygens (including phenoxy) is 3. The number of benzene rings is 1.